The van der Waals surface area contributed by atoms with E-state index >= 15 is 0 Å². The van der Waals surface area contributed by atoms with Crippen LogP contribution in [0.25, 0.3) is 0 Å². The Hall–Kier alpha value is -1.49. The van der Waals surface area contributed by atoms with Gasteiger partial charge in [-0.3, -0.25) is 0 Å². The van der Waals surface area contributed by atoms with E-state index in [1.54, 1.807) is 24.3 Å². The fourth-order valence-corrected chi connectivity index (χ4v) is 5.15. The molecule has 4 rings (SSSR count). The van der Waals surface area contributed by atoms with Crippen LogP contribution in [0.3, 0.4) is 0 Å². The van der Waals surface area contributed by atoms with Gasteiger partial charge in [0.15, 0.2) is 6.29 Å². The van der Waals surface area contributed by atoms with Crippen molar-refractivity contribution in [2.45, 2.75) is 11.2 Å². The van der Waals surface area contributed by atoms with E-state index in [0.29, 0.717) is 37.8 Å². The standard InChI is InChI=1S/C20H23BrN2O5S/c1-22-8-10-23(11-9-22)29(24,25)17-5-2-15(3-6-17)28-16-4-7-19(21)18(14-16)20-26-12-13-27-20/h2-7,14,20H,8-13H2,1H3. The summed E-state index contributed by atoms with van der Waals surface area (Å²) >= 11 is 3.51. The third kappa shape index (κ3) is 4.65. The highest BCUT2D eigenvalue weighted by atomic mass is 79.9. The first-order valence-corrected chi connectivity index (χ1v) is 11.7. The molecule has 0 radical (unpaired) electrons. The Morgan fingerprint density at radius 2 is 1.59 bits per heavy atom. The van der Waals surface area contributed by atoms with Crippen LogP contribution in [0.4, 0.5) is 0 Å². The number of halogens is 1. The highest BCUT2D eigenvalue weighted by Crippen LogP contribution is 2.34. The molecule has 0 spiro atoms. The first-order valence-electron chi connectivity index (χ1n) is 9.43. The minimum Gasteiger partial charge on any atom is -0.457 e. The minimum atomic E-state index is -3.49. The monoisotopic (exact) mass is 482 g/mol. The Kier molecular flexibility index (Phi) is 6.24. The summed E-state index contributed by atoms with van der Waals surface area (Å²) in [6, 6.07) is 12.1. The summed E-state index contributed by atoms with van der Waals surface area (Å²) in [6.45, 7) is 3.60. The molecule has 0 aromatic heterocycles. The first-order chi connectivity index (χ1) is 13.9. The molecule has 7 nitrogen and oxygen atoms in total. The predicted octanol–water partition coefficient (Wildman–Crippen LogP) is 3.22. The summed E-state index contributed by atoms with van der Waals surface area (Å²) in [5.74, 6) is 1.18. The number of benzene rings is 2. The van der Waals surface area contributed by atoms with Gasteiger partial charge in [0.1, 0.15) is 11.5 Å². The quantitative estimate of drug-likeness (QED) is 0.651. The van der Waals surface area contributed by atoms with E-state index in [4.69, 9.17) is 14.2 Å². The Morgan fingerprint density at radius 3 is 2.24 bits per heavy atom. The van der Waals surface area contributed by atoms with E-state index in [1.807, 2.05) is 25.2 Å². The van der Waals surface area contributed by atoms with Gasteiger partial charge in [-0.15, -0.1) is 0 Å². The largest absolute Gasteiger partial charge is 0.457 e. The minimum absolute atomic E-state index is 0.277. The van der Waals surface area contributed by atoms with Crippen LogP contribution in [-0.2, 0) is 19.5 Å². The predicted molar refractivity (Wildman–Crippen MR) is 112 cm³/mol. The number of likely N-dealkylation sites (N-methyl/N-ethyl adjacent to an activating group) is 1. The van der Waals surface area contributed by atoms with Crippen molar-refractivity contribution in [2.75, 3.05) is 46.4 Å². The van der Waals surface area contributed by atoms with E-state index in [0.717, 1.165) is 23.1 Å². The first kappa shape index (κ1) is 20.8. The average molecular weight is 483 g/mol. The number of sulfonamides is 1. The maximum atomic E-state index is 12.8. The lowest BCUT2D eigenvalue weighted by Crippen LogP contribution is -2.46. The van der Waals surface area contributed by atoms with Gasteiger partial charge in [-0.05, 0) is 49.5 Å². The summed E-state index contributed by atoms with van der Waals surface area (Å²) in [5.41, 5.74) is 0.856. The molecule has 2 aromatic carbocycles. The van der Waals surface area contributed by atoms with E-state index < -0.39 is 16.3 Å². The molecule has 0 N–H and O–H groups in total. The Bertz CT molecular complexity index is 953. The maximum Gasteiger partial charge on any atom is 0.243 e. The van der Waals surface area contributed by atoms with Gasteiger partial charge >= 0.3 is 0 Å². The summed E-state index contributed by atoms with van der Waals surface area (Å²) in [5, 5.41) is 0. The van der Waals surface area contributed by atoms with Crippen LogP contribution < -0.4 is 4.74 Å². The molecule has 0 saturated carbocycles. The van der Waals surface area contributed by atoms with Gasteiger partial charge in [0, 0.05) is 36.2 Å². The van der Waals surface area contributed by atoms with Crippen molar-refractivity contribution in [3.8, 4) is 11.5 Å². The molecule has 2 aliphatic heterocycles. The SMILES string of the molecule is CN1CCN(S(=O)(=O)c2ccc(Oc3ccc(Br)c(C4OCCO4)c3)cc2)CC1. The molecule has 2 aliphatic rings. The molecular formula is C20H23BrN2O5S. The van der Waals surface area contributed by atoms with E-state index in [1.165, 1.54) is 4.31 Å². The third-order valence-corrected chi connectivity index (χ3v) is 7.64. The van der Waals surface area contributed by atoms with Gasteiger partial charge in [0.05, 0.1) is 18.1 Å². The molecule has 2 saturated heterocycles. The Morgan fingerprint density at radius 1 is 0.966 bits per heavy atom. The lowest BCUT2D eigenvalue weighted by atomic mass is 10.2. The van der Waals surface area contributed by atoms with Crippen molar-refractivity contribution >= 4 is 26.0 Å². The number of piperazine rings is 1. The Labute approximate surface area is 179 Å². The number of ether oxygens (including phenoxy) is 3. The van der Waals surface area contributed by atoms with E-state index in [9.17, 15) is 8.42 Å². The number of nitrogens with zero attached hydrogens (tertiary/aromatic N) is 2. The molecule has 2 fully saturated rings. The average Bonchev–Trinajstić information content (AvgIpc) is 3.25. The molecule has 0 bridgehead atoms. The molecule has 0 atom stereocenters. The van der Waals surface area contributed by atoms with Crippen molar-refractivity contribution in [3.63, 3.8) is 0 Å². The molecule has 2 heterocycles. The topological polar surface area (TPSA) is 68.3 Å². The molecular weight excluding hydrogens is 460 g/mol. The lowest BCUT2D eigenvalue weighted by molar-refractivity contribution is -0.0447. The highest BCUT2D eigenvalue weighted by molar-refractivity contribution is 9.10. The zero-order valence-corrected chi connectivity index (χ0v) is 18.5. The van der Waals surface area contributed by atoms with Crippen molar-refractivity contribution in [1.82, 2.24) is 9.21 Å². The smallest absolute Gasteiger partial charge is 0.243 e. The molecule has 2 aromatic rings. The fraction of sp³-hybridized carbons (Fsp3) is 0.400. The van der Waals surface area contributed by atoms with Crippen LogP contribution in [0.1, 0.15) is 11.9 Å². The number of hydrogen-bond donors (Lipinski definition) is 0. The van der Waals surface area contributed by atoms with Crippen molar-refractivity contribution in [3.05, 3.63) is 52.5 Å². The van der Waals surface area contributed by atoms with Gasteiger partial charge in [0.2, 0.25) is 10.0 Å². The van der Waals surface area contributed by atoms with Crippen molar-refractivity contribution < 1.29 is 22.6 Å². The molecule has 156 valence electrons. The lowest BCUT2D eigenvalue weighted by Gasteiger charge is -2.31. The van der Waals surface area contributed by atoms with Gasteiger partial charge < -0.3 is 19.1 Å². The van der Waals surface area contributed by atoms with Crippen LogP contribution in [0.15, 0.2) is 51.8 Å². The molecule has 29 heavy (non-hydrogen) atoms. The third-order valence-electron chi connectivity index (χ3n) is 5.00. The number of hydrogen-bond acceptors (Lipinski definition) is 6. The van der Waals surface area contributed by atoms with Crippen molar-refractivity contribution in [2.24, 2.45) is 0 Å². The van der Waals surface area contributed by atoms with Crippen LogP contribution in [0, 0.1) is 0 Å². The molecule has 0 amide bonds. The van der Waals surface area contributed by atoms with Crippen molar-refractivity contribution in [1.29, 1.82) is 0 Å². The zero-order chi connectivity index (χ0) is 20.4. The van der Waals surface area contributed by atoms with E-state index in [2.05, 4.69) is 20.8 Å². The maximum absolute atomic E-state index is 12.8. The van der Waals surface area contributed by atoms with Crippen LogP contribution in [0.2, 0.25) is 0 Å². The molecule has 0 unspecified atom stereocenters. The van der Waals surface area contributed by atoms with Gasteiger partial charge in [-0.25, -0.2) is 8.42 Å². The normalized spacial score (nSPS) is 19.5. The van der Waals surface area contributed by atoms with Gasteiger partial charge in [0.25, 0.3) is 0 Å². The highest BCUT2D eigenvalue weighted by Gasteiger charge is 2.27. The summed E-state index contributed by atoms with van der Waals surface area (Å²) < 4.78 is 45.1. The fourth-order valence-electron chi connectivity index (χ4n) is 3.30. The molecule has 9 heteroatoms. The Balaban J connectivity index is 1.48. The number of rotatable bonds is 5. The zero-order valence-electron chi connectivity index (χ0n) is 16.1. The second-order valence-electron chi connectivity index (χ2n) is 7.04. The van der Waals surface area contributed by atoms with Gasteiger partial charge in [-0.2, -0.15) is 4.31 Å². The van der Waals surface area contributed by atoms with Crippen LogP contribution in [0.5, 0.6) is 11.5 Å². The van der Waals surface area contributed by atoms with Gasteiger partial charge in [-0.1, -0.05) is 15.9 Å². The summed E-state index contributed by atoms with van der Waals surface area (Å²) in [4.78, 5) is 2.40. The summed E-state index contributed by atoms with van der Waals surface area (Å²) in [7, 11) is -1.49. The second kappa shape index (κ2) is 8.71. The molecule has 0 aliphatic carbocycles. The summed E-state index contributed by atoms with van der Waals surface area (Å²) in [6.07, 6.45) is -0.413. The van der Waals surface area contributed by atoms with E-state index in [-0.39, 0.29) is 4.90 Å². The van der Waals surface area contributed by atoms with Crippen LogP contribution in [-0.4, -0.2) is 64.1 Å². The van der Waals surface area contributed by atoms with Crippen LogP contribution >= 0.6 is 15.9 Å². The second-order valence-corrected chi connectivity index (χ2v) is 9.83.